The first kappa shape index (κ1) is 27.1. The second-order valence-electron chi connectivity index (χ2n) is 3.84. The number of aromatic nitrogens is 4. The number of carboxylic acids is 1. The first-order valence-electron chi connectivity index (χ1n) is 6.32. The van der Waals surface area contributed by atoms with E-state index in [0.717, 1.165) is 12.8 Å². The molecular formula is C13H21N4NaO6. The van der Waals surface area contributed by atoms with Crippen molar-refractivity contribution in [1.82, 2.24) is 20.4 Å². The van der Waals surface area contributed by atoms with Crippen molar-refractivity contribution in [2.75, 3.05) is 13.7 Å². The summed E-state index contributed by atoms with van der Waals surface area (Å²) in [5.74, 6) is -1.26. The fourth-order valence-electron chi connectivity index (χ4n) is 1.33. The number of hydrogen-bond acceptors (Lipinski definition) is 7. The second-order valence-corrected chi connectivity index (χ2v) is 3.84. The van der Waals surface area contributed by atoms with E-state index in [1.165, 1.54) is 12.4 Å². The zero-order chi connectivity index (χ0) is 17.1. The number of hydrogen-bond donors (Lipinski definition) is 4. The van der Waals surface area contributed by atoms with Crippen LogP contribution < -0.4 is 29.6 Å². The zero-order valence-electron chi connectivity index (χ0n) is 14.3. The number of aliphatic hydroxyl groups is 1. The number of nitrogens with one attached hydrogen (secondary N) is 2. The summed E-state index contributed by atoms with van der Waals surface area (Å²) in [7, 11) is 1.00. The molecular weight excluding hydrogens is 331 g/mol. The van der Waals surface area contributed by atoms with E-state index < -0.39 is 5.97 Å². The molecule has 0 aromatic carbocycles. The predicted molar refractivity (Wildman–Crippen MR) is 79.6 cm³/mol. The minimum atomic E-state index is -0.943. The van der Waals surface area contributed by atoms with Gasteiger partial charge in [0.1, 0.15) is 11.1 Å². The van der Waals surface area contributed by atoms with Gasteiger partial charge in [0.05, 0.1) is 19.0 Å². The van der Waals surface area contributed by atoms with Crippen LogP contribution in [-0.4, -0.2) is 61.7 Å². The van der Waals surface area contributed by atoms with E-state index in [-0.39, 0.29) is 46.6 Å². The number of carbonyl (C=O) groups excluding carboxylic acids is 1. The molecule has 5 N–H and O–H groups in total. The van der Waals surface area contributed by atoms with Crippen LogP contribution >= 0.6 is 0 Å². The van der Waals surface area contributed by atoms with E-state index in [0.29, 0.717) is 17.9 Å². The standard InChI is InChI=1S/C7H10N2O2.C5H6N2O2.CH4O.Na.H2O/c1-3-11-7(10)6-4-8-9-5(6)2;1-3-4(5(8)9)2-6-7-3;1-2;;/h4H,3H2,1-2H3,(H,8,9);2H,1H3,(H,6,7)(H,8,9);2H,1H3;;1H2/q;;;+1;/p-1. The van der Waals surface area contributed by atoms with Crippen LogP contribution in [0.4, 0.5) is 0 Å². The van der Waals surface area contributed by atoms with Crippen molar-refractivity contribution in [1.29, 1.82) is 0 Å². The summed E-state index contributed by atoms with van der Waals surface area (Å²) in [6.07, 6.45) is 2.75. The molecule has 0 aliphatic carbocycles. The van der Waals surface area contributed by atoms with Crippen LogP contribution in [0.2, 0.25) is 0 Å². The Hall–Kier alpha value is -1.72. The van der Waals surface area contributed by atoms with E-state index in [1.807, 2.05) is 0 Å². The zero-order valence-corrected chi connectivity index (χ0v) is 16.3. The van der Waals surface area contributed by atoms with E-state index in [9.17, 15) is 9.59 Å². The van der Waals surface area contributed by atoms with Crippen LogP contribution in [-0.2, 0) is 4.74 Å². The smallest absolute Gasteiger partial charge is 0.870 e. The Balaban J connectivity index is -0.000000313. The number of ether oxygens (including phenoxy) is 1. The summed E-state index contributed by atoms with van der Waals surface area (Å²) in [6, 6.07) is 0. The molecule has 0 saturated heterocycles. The Morgan fingerprint density at radius 1 is 1.08 bits per heavy atom. The molecule has 0 bridgehead atoms. The number of aromatic carboxylic acids is 1. The summed E-state index contributed by atoms with van der Waals surface area (Å²) in [4.78, 5) is 21.3. The molecule has 0 atom stereocenters. The molecule has 0 spiro atoms. The summed E-state index contributed by atoms with van der Waals surface area (Å²) in [5, 5.41) is 27.8. The van der Waals surface area contributed by atoms with Crippen LogP contribution in [0.25, 0.3) is 0 Å². The van der Waals surface area contributed by atoms with Gasteiger partial charge in [0.25, 0.3) is 0 Å². The molecule has 2 aromatic rings. The first-order valence-corrected chi connectivity index (χ1v) is 6.32. The molecule has 10 nitrogen and oxygen atoms in total. The molecule has 0 aliphatic heterocycles. The minimum Gasteiger partial charge on any atom is -0.870 e. The van der Waals surface area contributed by atoms with Crippen LogP contribution in [0.15, 0.2) is 12.4 Å². The van der Waals surface area contributed by atoms with Crippen molar-refractivity contribution in [3.63, 3.8) is 0 Å². The number of H-pyrrole nitrogens is 2. The number of carbonyl (C=O) groups is 2. The quantitative estimate of drug-likeness (QED) is 0.354. The average molecular weight is 352 g/mol. The average Bonchev–Trinajstić information content (AvgIpc) is 3.10. The Bertz CT molecular complexity index is 599. The van der Waals surface area contributed by atoms with Crippen LogP contribution in [0.3, 0.4) is 0 Å². The summed E-state index contributed by atoms with van der Waals surface area (Å²) < 4.78 is 4.77. The Morgan fingerprint density at radius 2 is 1.50 bits per heavy atom. The van der Waals surface area contributed by atoms with Crippen LogP contribution in [0, 0.1) is 13.8 Å². The van der Waals surface area contributed by atoms with Gasteiger partial charge in [-0.05, 0) is 20.8 Å². The van der Waals surface area contributed by atoms with Crippen molar-refractivity contribution >= 4 is 11.9 Å². The molecule has 2 heterocycles. The predicted octanol–water partition coefficient (Wildman–Crippen LogP) is -2.25. The molecule has 0 aliphatic rings. The van der Waals surface area contributed by atoms with Crippen molar-refractivity contribution < 1.29 is 59.6 Å². The van der Waals surface area contributed by atoms with Gasteiger partial charge in [0, 0.05) is 18.5 Å². The molecule has 0 unspecified atom stereocenters. The maximum Gasteiger partial charge on any atom is 1.00 e. The van der Waals surface area contributed by atoms with Crippen LogP contribution in [0.1, 0.15) is 39.0 Å². The van der Waals surface area contributed by atoms with E-state index in [4.69, 9.17) is 14.9 Å². The van der Waals surface area contributed by atoms with Crippen molar-refractivity contribution in [2.45, 2.75) is 20.8 Å². The third-order valence-corrected chi connectivity index (χ3v) is 2.39. The van der Waals surface area contributed by atoms with E-state index in [2.05, 4.69) is 20.4 Å². The molecule has 11 heteroatoms. The number of nitrogens with zero attached hydrogens (tertiary/aromatic N) is 2. The SMILES string of the molecule is CCOC(=O)c1cn[nH]c1C.CO.Cc1[nH]ncc1C(=O)O.[Na+].[OH-]. The maximum absolute atomic E-state index is 11.0. The molecule has 130 valence electrons. The fourth-order valence-corrected chi connectivity index (χ4v) is 1.33. The van der Waals surface area contributed by atoms with Crippen molar-refractivity contribution in [2.24, 2.45) is 0 Å². The molecule has 0 fully saturated rings. The Labute approximate surface area is 161 Å². The van der Waals surface area contributed by atoms with Gasteiger partial charge < -0.3 is 20.4 Å². The number of aryl methyl sites for hydroxylation is 2. The number of aromatic amines is 2. The normalized spacial score (nSPS) is 8.21. The van der Waals surface area contributed by atoms with Gasteiger partial charge in [-0.1, -0.05) is 0 Å². The van der Waals surface area contributed by atoms with Crippen molar-refractivity contribution in [3.8, 4) is 0 Å². The number of esters is 1. The summed E-state index contributed by atoms with van der Waals surface area (Å²) in [5.41, 5.74) is 2.06. The number of aliphatic hydroxyl groups excluding tert-OH is 1. The van der Waals surface area contributed by atoms with Crippen LogP contribution in [0.5, 0.6) is 0 Å². The summed E-state index contributed by atoms with van der Waals surface area (Å²) >= 11 is 0. The van der Waals surface area contributed by atoms with Gasteiger partial charge in [0.15, 0.2) is 0 Å². The topological polar surface area (TPSA) is 171 Å². The largest absolute Gasteiger partial charge is 1.00 e. The van der Waals surface area contributed by atoms with Gasteiger partial charge in [-0.2, -0.15) is 10.2 Å². The number of carboxylic acid groups (broad SMARTS) is 1. The maximum atomic E-state index is 11.0. The molecule has 0 saturated carbocycles. The fraction of sp³-hybridized carbons (Fsp3) is 0.385. The first-order chi connectivity index (χ1) is 10.5. The van der Waals surface area contributed by atoms with Gasteiger partial charge in [-0.3, -0.25) is 10.2 Å². The van der Waals surface area contributed by atoms with E-state index >= 15 is 0 Å². The van der Waals surface area contributed by atoms with E-state index in [1.54, 1.807) is 20.8 Å². The summed E-state index contributed by atoms with van der Waals surface area (Å²) in [6.45, 7) is 5.60. The third kappa shape index (κ3) is 8.79. The van der Waals surface area contributed by atoms with Gasteiger partial charge in [0.2, 0.25) is 0 Å². The van der Waals surface area contributed by atoms with Crippen molar-refractivity contribution in [3.05, 3.63) is 34.9 Å². The Morgan fingerprint density at radius 3 is 1.75 bits per heavy atom. The molecule has 24 heavy (non-hydrogen) atoms. The van der Waals surface area contributed by atoms with Gasteiger partial charge in [-0.25, -0.2) is 9.59 Å². The molecule has 2 aromatic heterocycles. The minimum absolute atomic E-state index is 0. The van der Waals surface area contributed by atoms with Gasteiger partial charge in [-0.15, -0.1) is 0 Å². The Kier molecular flexibility index (Phi) is 16.8. The van der Waals surface area contributed by atoms with Gasteiger partial charge >= 0.3 is 41.5 Å². The second kappa shape index (κ2) is 14.8. The monoisotopic (exact) mass is 352 g/mol. The third-order valence-electron chi connectivity index (χ3n) is 2.39. The molecule has 0 amide bonds. The molecule has 0 radical (unpaired) electrons. The number of rotatable bonds is 3. The molecule has 2 rings (SSSR count).